The molecule has 180 valence electrons. The lowest BCUT2D eigenvalue weighted by atomic mass is 10.2. The van der Waals surface area contributed by atoms with Crippen molar-refractivity contribution in [2.75, 3.05) is 25.3 Å². The molecule has 3 N–H and O–H groups in total. The highest BCUT2D eigenvalue weighted by Crippen LogP contribution is 2.49. The number of ether oxygens (including phenoxy) is 3. The third kappa shape index (κ3) is 5.72. The van der Waals surface area contributed by atoms with E-state index in [4.69, 9.17) is 29.0 Å². The van der Waals surface area contributed by atoms with Crippen LogP contribution in [0.15, 0.2) is 65.5 Å². The topological polar surface area (TPSA) is 153 Å². The molecule has 0 spiro atoms. The number of aromatic nitrogens is 4. The SMILES string of the molecule is C=C1OC(C)=C(COP(=O)(COCCn2cnc3c(=O)[nH]c(N)nc32)OCc2ccccc2)O1. The van der Waals surface area contributed by atoms with Crippen LogP contribution in [0, 0.1) is 0 Å². The first-order valence-electron chi connectivity index (χ1n) is 10.3. The van der Waals surface area contributed by atoms with Gasteiger partial charge in [-0.3, -0.25) is 18.9 Å². The van der Waals surface area contributed by atoms with E-state index < -0.39 is 13.2 Å². The van der Waals surface area contributed by atoms with Gasteiger partial charge in [-0.15, -0.1) is 0 Å². The summed E-state index contributed by atoms with van der Waals surface area (Å²) in [5, 5.41) is 0. The van der Waals surface area contributed by atoms with Gasteiger partial charge in [-0.25, -0.2) is 4.98 Å². The minimum Gasteiger partial charge on any atom is -0.428 e. The van der Waals surface area contributed by atoms with Gasteiger partial charge < -0.3 is 29.0 Å². The zero-order chi connectivity index (χ0) is 24.1. The number of nitrogens with one attached hydrogen (secondary N) is 1. The van der Waals surface area contributed by atoms with Gasteiger partial charge in [-0.1, -0.05) is 30.3 Å². The second kappa shape index (κ2) is 10.2. The van der Waals surface area contributed by atoms with Gasteiger partial charge in [-0.2, -0.15) is 4.98 Å². The van der Waals surface area contributed by atoms with Crippen LogP contribution < -0.4 is 11.3 Å². The predicted octanol–water partition coefficient (Wildman–Crippen LogP) is 2.85. The Hall–Kier alpha value is -3.44. The number of nitrogens with zero attached hydrogens (tertiary/aromatic N) is 3. The van der Waals surface area contributed by atoms with E-state index in [-0.39, 0.29) is 50.1 Å². The number of nitrogen functional groups attached to an aromatic ring is 1. The molecule has 0 fully saturated rings. The molecule has 0 saturated carbocycles. The average Bonchev–Trinajstić information content (AvgIpc) is 3.36. The number of imidazole rings is 1. The van der Waals surface area contributed by atoms with E-state index in [1.807, 2.05) is 30.3 Å². The Bertz CT molecular complexity index is 1320. The number of fused-ring (bicyclic) bond motifs is 1. The lowest BCUT2D eigenvalue weighted by molar-refractivity contribution is 0.114. The van der Waals surface area contributed by atoms with Crippen LogP contribution in [-0.2, 0) is 41.0 Å². The van der Waals surface area contributed by atoms with E-state index in [0.717, 1.165) is 5.56 Å². The minimum atomic E-state index is -3.69. The van der Waals surface area contributed by atoms with E-state index in [9.17, 15) is 9.36 Å². The van der Waals surface area contributed by atoms with Crippen molar-refractivity contribution in [3.8, 4) is 0 Å². The summed E-state index contributed by atoms with van der Waals surface area (Å²) >= 11 is 0. The molecule has 2 aromatic heterocycles. The fraction of sp³-hybridized carbons (Fsp3) is 0.286. The maximum atomic E-state index is 13.4. The molecule has 4 rings (SSSR count). The molecule has 12 nitrogen and oxygen atoms in total. The fourth-order valence-electron chi connectivity index (χ4n) is 3.08. The van der Waals surface area contributed by atoms with Crippen molar-refractivity contribution in [1.29, 1.82) is 0 Å². The lowest BCUT2D eigenvalue weighted by Crippen LogP contribution is -2.13. The van der Waals surface area contributed by atoms with Crippen molar-refractivity contribution < 1.29 is 27.8 Å². The number of benzene rings is 1. The minimum absolute atomic E-state index is 0.0160. The highest BCUT2D eigenvalue weighted by atomic mass is 31.2. The van der Waals surface area contributed by atoms with Crippen LogP contribution in [-0.4, -0.2) is 39.1 Å². The summed E-state index contributed by atoms with van der Waals surface area (Å²) in [6.07, 6.45) is 1.15. The molecule has 1 aliphatic rings. The van der Waals surface area contributed by atoms with Crippen molar-refractivity contribution in [3.63, 3.8) is 0 Å². The number of hydrogen-bond acceptors (Lipinski definition) is 10. The smallest absolute Gasteiger partial charge is 0.356 e. The highest BCUT2D eigenvalue weighted by molar-refractivity contribution is 7.53. The van der Waals surface area contributed by atoms with Gasteiger partial charge in [-0.05, 0) is 19.1 Å². The van der Waals surface area contributed by atoms with Gasteiger partial charge in [0, 0.05) is 6.54 Å². The van der Waals surface area contributed by atoms with Crippen molar-refractivity contribution >= 4 is 24.7 Å². The molecular formula is C21H24N5O7P. The fourth-order valence-corrected chi connectivity index (χ4v) is 4.31. The molecule has 0 bridgehead atoms. The molecule has 1 atom stereocenters. The Morgan fingerprint density at radius 2 is 1.97 bits per heavy atom. The maximum absolute atomic E-state index is 13.4. The number of rotatable bonds is 11. The molecule has 3 heterocycles. The van der Waals surface area contributed by atoms with Crippen molar-refractivity contribution in [2.45, 2.75) is 20.1 Å². The van der Waals surface area contributed by atoms with Crippen LogP contribution in [0.2, 0.25) is 0 Å². The second-order valence-electron chi connectivity index (χ2n) is 7.30. The molecule has 34 heavy (non-hydrogen) atoms. The van der Waals surface area contributed by atoms with Gasteiger partial charge in [0.25, 0.3) is 11.5 Å². The first-order valence-corrected chi connectivity index (χ1v) is 12.0. The number of nitrogens with two attached hydrogens (primary N) is 1. The van der Waals surface area contributed by atoms with Crippen molar-refractivity contribution in [2.24, 2.45) is 0 Å². The molecule has 1 unspecified atom stereocenters. The second-order valence-corrected chi connectivity index (χ2v) is 9.29. The van der Waals surface area contributed by atoms with Crippen LogP contribution in [0.25, 0.3) is 11.2 Å². The van der Waals surface area contributed by atoms with E-state index >= 15 is 0 Å². The third-order valence-corrected chi connectivity index (χ3v) is 6.32. The van der Waals surface area contributed by atoms with Crippen LogP contribution in [0.5, 0.6) is 0 Å². The molecule has 13 heteroatoms. The molecule has 1 aliphatic heterocycles. The van der Waals surface area contributed by atoms with Gasteiger partial charge in [0.1, 0.15) is 18.7 Å². The van der Waals surface area contributed by atoms with Crippen LogP contribution in [0.3, 0.4) is 0 Å². The predicted molar refractivity (Wildman–Crippen MR) is 122 cm³/mol. The number of anilines is 1. The number of hydrogen-bond donors (Lipinski definition) is 2. The Balaban J connectivity index is 1.38. The molecule has 1 aromatic carbocycles. The first-order chi connectivity index (χ1) is 16.3. The van der Waals surface area contributed by atoms with Gasteiger partial charge in [0.05, 0.1) is 19.5 Å². The Morgan fingerprint density at radius 3 is 2.71 bits per heavy atom. The summed E-state index contributed by atoms with van der Waals surface area (Å²) in [6, 6.07) is 9.27. The highest BCUT2D eigenvalue weighted by Gasteiger charge is 2.29. The third-order valence-electron chi connectivity index (χ3n) is 4.78. The van der Waals surface area contributed by atoms with Crippen LogP contribution in [0.1, 0.15) is 12.5 Å². The summed E-state index contributed by atoms with van der Waals surface area (Å²) in [7, 11) is -3.69. The monoisotopic (exact) mass is 489 g/mol. The molecule has 0 radical (unpaired) electrons. The number of H-pyrrole nitrogens is 1. The Kier molecular flexibility index (Phi) is 7.13. The lowest BCUT2D eigenvalue weighted by Gasteiger charge is -2.19. The molecule has 0 aliphatic carbocycles. The molecular weight excluding hydrogens is 465 g/mol. The quantitative estimate of drug-likeness (QED) is 0.304. The normalized spacial score (nSPS) is 15.4. The summed E-state index contributed by atoms with van der Waals surface area (Å²) in [6.45, 7) is 5.61. The van der Waals surface area contributed by atoms with E-state index in [1.54, 1.807) is 11.5 Å². The van der Waals surface area contributed by atoms with Gasteiger partial charge >= 0.3 is 7.60 Å². The summed E-state index contributed by atoms with van der Waals surface area (Å²) < 4.78 is 42.4. The zero-order valence-electron chi connectivity index (χ0n) is 18.4. The average molecular weight is 489 g/mol. The van der Waals surface area contributed by atoms with E-state index in [1.165, 1.54) is 6.33 Å². The summed E-state index contributed by atoms with van der Waals surface area (Å²) in [5.41, 5.74) is 6.50. The van der Waals surface area contributed by atoms with Crippen LogP contribution >= 0.6 is 7.60 Å². The van der Waals surface area contributed by atoms with E-state index in [0.29, 0.717) is 17.2 Å². The van der Waals surface area contributed by atoms with Crippen molar-refractivity contribution in [3.05, 3.63) is 76.6 Å². The standard InChI is InChI=1S/C21H24N5O7P/c1-14-17(33-15(2)32-14)11-31-34(28,30-10-16-6-4-3-5-7-16)13-29-9-8-26-12-23-18-19(26)24-21(22)25-20(18)27/h3-7,12H,2,8-11,13H2,1H3,(H3,22,24,25,27). The molecule has 0 saturated heterocycles. The van der Waals surface area contributed by atoms with Gasteiger partial charge in [0.2, 0.25) is 5.95 Å². The van der Waals surface area contributed by atoms with E-state index in [2.05, 4.69) is 21.5 Å². The Morgan fingerprint density at radius 1 is 1.21 bits per heavy atom. The van der Waals surface area contributed by atoms with Crippen molar-refractivity contribution in [1.82, 2.24) is 19.5 Å². The number of allylic oxidation sites excluding steroid dienone is 1. The maximum Gasteiger partial charge on any atom is 0.356 e. The molecule has 0 amide bonds. The molecule has 3 aromatic rings. The van der Waals surface area contributed by atoms with Crippen LogP contribution in [0.4, 0.5) is 5.95 Å². The largest absolute Gasteiger partial charge is 0.428 e. The first kappa shape index (κ1) is 23.7. The van der Waals surface area contributed by atoms with Gasteiger partial charge in [0.15, 0.2) is 16.9 Å². The summed E-state index contributed by atoms with van der Waals surface area (Å²) in [4.78, 5) is 22.4. The number of aromatic amines is 1. The summed E-state index contributed by atoms with van der Waals surface area (Å²) in [5.74, 6) is 0.924. The Labute approximate surface area is 194 Å². The zero-order valence-corrected chi connectivity index (χ0v) is 19.3.